The lowest BCUT2D eigenvalue weighted by atomic mass is 10.2. The molecule has 0 saturated heterocycles. The third kappa shape index (κ3) is 6.63. The van der Waals surface area contributed by atoms with Crippen LogP contribution in [0.4, 0.5) is 5.69 Å². The van der Waals surface area contributed by atoms with Crippen LogP contribution in [0.25, 0.3) is 0 Å². The van der Waals surface area contributed by atoms with Crippen molar-refractivity contribution in [3.8, 4) is 11.5 Å². The average molecular weight is 372 g/mol. The summed E-state index contributed by atoms with van der Waals surface area (Å²) in [5.41, 5.74) is 1.06. The number of ether oxygens (including phenoxy) is 3. The number of anilines is 1. The molecule has 7 heteroatoms. The molecule has 7 nitrogen and oxygen atoms in total. The SMILES string of the molecule is COCCCNC(=O)COc1ccc(NC(=O)c2ccccc2OC)cc1. The largest absolute Gasteiger partial charge is 0.496 e. The number of methoxy groups -OCH3 is 2. The van der Waals surface area contributed by atoms with E-state index in [1.54, 1.807) is 55.6 Å². The molecule has 2 amide bonds. The number of amides is 2. The van der Waals surface area contributed by atoms with Crippen molar-refractivity contribution in [1.82, 2.24) is 5.32 Å². The van der Waals surface area contributed by atoms with E-state index in [1.165, 1.54) is 7.11 Å². The van der Waals surface area contributed by atoms with Crippen LogP contribution in [0.2, 0.25) is 0 Å². The zero-order valence-electron chi connectivity index (χ0n) is 15.5. The van der Waals surface area contributed by atoms with Crippen LogP contribution in [-0.2, 0) is 9.53 Å². The Morgan fingerprint density at radius 2 is 1.74 bits per heavy atom. The van der Waals surface area contributed by atoms with E-state index in [-0.39, 0.29) is 18.4 Å². The van der Waals surface area contributed by atoms with Crippen LogP contribution >= 0.6 is 0 Å². The van der Waals surface area contributed by atoms with Crippen molar-refractivity contribution in [2.75, 3.05) is 39.3 Å². The fraction of sp³-hybridized carbons (Fsp3) is 0.300. The van der Waals surface area contributed by atoms with E-state index in [9.17, 15) is 9.59 Å². The maximum Gasteiger partial charge on any atom is 0.259 e. The van der Waals surface area contributed by atoms with E-state index in [4.69, 9.17) is 14.2 Å². The molecule has 0 radical (unpaired) electrons. The first-order valence-electron chi connectivity index (χ1n) is 8.57. The van der Waals surface area contributed by atoms with Gasteiger partial charge in [-0.1, -0.05) is 12.1 Å². The summed E-state index contributed by atoms with van der Waals surface area (Å²) in [6.45, 7) is 1.08. The lowest BCUT2D eigenvalue weighted by Crippen LogP contribution is -2.30. The zero-order chi connectivity index (χ0) is 19.5. The van der Waals surface area contributed by atoms with Crippen LogP contribution in [0.5, 0.6) is 11.5 Å². The molecule has 2 aromatic carbocycles. The van der Waals surface area contributed by atoms with Crippen molar-refractivity contribution in [2.45, 2.75) is 6.42 Å². The van der Waals surface area contributed by atoms with Gasteiger partial charge in [-0.15, -0.1) is 0 Å². The minimum absolute atomic E-state index is 0.0695. The van der Waals surface area contributed by atoms with Crippen molar-refractivity contribution in [3.63, 3.8) is 0 Å². The van der Waals surface area contributed by atoms with Crippen LogP contribution in [-0.4, -0.2) is 45.8 Å². The molecule has 0 aromatic heterocycles. The van der Waals surface area contributed by atoms with Gasteiger partial charge in [-0.2, -0.15) is 0 Å². The van der Waals surface area contributed by atoms with Crippen LogP contribution in [0, 0.1) is 0 Å². The monoisotopic (exact) mass is 372 g/mol. The second-order valence-corrected chi connectivity index (χ2v) is 5.66. The van der Waals surface area contributed by atoms with E-state index in [2.05, 4.69) is 10.6 Å². The number of carbonyl (C=O) groups is 2. The smallest absolute Gasteiger partial charge is 0.259 e. The molecule has 0 saturated carbocycles. The van der Waals surface area contributed by atoms with Crippen molar-refractivity contribution in [3.05, 3.63) is 54.1 Å². The van der Waals surface area contributed by atoms with Gasteiger partial charge in [-0.05, 0) is 42.8 Å². The highest BCUT2D eigenvalue weighted by Gasteiger charge is 2.11. The molecule has 0 bridgehead atoms. The number of nitrogens with one attached hydrogen (secondary N) is 2. The van der Waals surface area contributed by atoms with Crippen LogP contribution in [0.3, 0.4) is 0 Å². The predicted octanol–water partition coefficient (Wildman–Crippen LogP) is 2.48. The highest BCUT2D eigenvalue weighted by molar-refractivity contribution is 6.06. The van der Waals surface area contributed by atoms with E-state index >= 15 is 0 Å². The normalized spacial score (nSPS) is 10.1. The molecule has 0 aliphatic heterocycles. The van der Waals surface area contributed by atoms with Gasteiger partial charge in [0, 0.05) is 25.9 Å². The highest BCUT2D eigenvalue weighted by Crippen LogP contribution is 2.20. The van der Waals surface area contributed by atoms with Gasteiger partial charge in [-0.3, -0.25) is 9.59 Å². The zero-order valence-corrected chi connectivity index (χ0v) is 15.5. The molecule has 27 heavy (non-hydrogen) atoms. The Labute approximate surface area is 158 Å². The van der Waals surface area contributed by atoms with Gasteiger partial charge >= 0.3 is 0 Å². The molecule has 2 N–H and O–H groups in total. The van der Waals surface area contributed by atoms with Gasteiger partial charge in [-0.25, -0.2) is 0 Å². The summed E-state index contributed by atoms with van der Waals surface area (Å²) < 4.78 is 15.5. The number of hydrogen-bond acceptors (Lipinski definition) is 5. The minimum atomic E-state index is -0.267. The summed E-state index contributed by atoms with van der Waals surface area (Å²) in [7, 11) is 3.14. The average Bonchev–Trinajstić information content (AvgIpc) is 2.70. The third-order valence-corrected chi connectivity index (χ3v) is 3.68. The molecule has 0 aliphatic rings. The van der Waals surface area contributed by atoms with Gasteiger partial charge in [0.2, 0.25) is 0 Å². The van der Waals surface area contributed by atoms with Crippen molar-refractivity contribution in [1.29, 1.82) is 0 Å². The van der Waals surface area contributed by atoms with Crippen molar-refractivity contribution in [2.24, 2.45) is 0 Å². The first kappa shape index (κ1) is 20.3. The summed E-state index contributed by atoms with van der Waals surface area (Å²) >= 11 is 0. The molecule has 144 valence electrons. The van der Waals surface area contributed by atoms with E-state index in [0.29, 0.717) is 35.9 Å². The molecule has 0 spiro atoms. The Morgan fingerprint density at radius 1 is 1.00 bits per heavy atom. The summed E-state index contributed by atoms with van der Waals surface area (Å²) in [6.07, 6.45) is 0.753. The third-order valence-electron chi connectivity index (χ3n) is 3.68. The minimum Gasteiger partial charge on any atom is -0.496 e. The lowest BCUT2D eigenvalue weighted by Gasteiger charge is -2.10. The quantitative estimate of drug-likeness (QED) is 0.626. The number of rotatable bonds is 10. The van der Waals surface area contributed by atoms with Gasteiger partial charge in [0.1, 0.15) is 11.5 Å². The van der Waals surface area contributed by atoms with Crippen LogP contribution in [0.15, 0.2) is 48.5 Å². The molecule has 0 unspecified atom stereocenters. The molecule has 2 aromatic rings. The van der Waals surface area contributed by atoms with Gasteiger partial charge in [0.05, 0.1) is 12.7 Å². The van der Waals surface area contributed by atoms with Crippen LogP contribution < -0.4 is 20.1 Å². The Morgan fingerprint density at radius 3 is 2.44 bits per heavy atom. The summed E-state index contributed by atoms with van der Waals surface area (Å²) in [4.78, 5) is 24.0. The van der Waals surface area contributed by atoms with Crippen LogP contribution in [0.1, 0.15) is 16.8 Å². The first-order chi connectivity index (χ1) is 13.1. The standard InChI is InChI=1S/C20H24N2O5/c1-25-13-5-12-21-19(23)14-27-16-10-8-15(9-11-16)22-20(24)17-6-3-4-7-18(17)26-2/h3-4,6-11H,5,12-14H2,1-2H3,(H,21,23)(H,22,24). The van der Waals surface area contributed by atoms with E-state index < -0.39 is 0 Å². The number of hydrogen-bond donors (Lipinski definition) is 2. The Kier molecular flexibility index (Phi) is 8.12. The number of carbonyl (C=O) groups excluding carboxylic acids is 2. The van der Waals surface area contributed by atoms with Gasteiger partial charge < -0.3 is 24.8 Å². The Balaban J connectivity index is 1.82. The fourth-order valence-electron chi connectivity index (χ4n) is 2.31. The molecular weight excluding hydrogens is 348 g/mol. The summed E-state index contributed by atoms with van der Waals surface area (Å²) in [5.74, 6) is 0.583. The van der Waals surface area contributed by atoms with Gasteiger partial charge in [0.25, 0.3) is 11.8 Å². The molecule has 0 aliphatic carbocycles. The molecule has 0 atom stereocenters. The first-order valence-corrected chi connectivity index (χ1v) is 8.57. The molecule has 2 rings (SSSR count). The highest BCUT2D eigenvalue weighted by atomic mass is 16.5. The van der Waals surface area contributed by atoms with E-state index in [1.807, 2.05) is 0 Å². The van der Waals surface area contributed by atoms with Crippen molar-refractivity contribution < 1.29 is 23.8 Å². The Bertz CT molecular complexity index is 746. The van der Waals surface area contributed by atoms with Crippen molar-refractivity contribution >= 4 is 17.5 Å². The van der Waals surface area contributed by atoms with Gasteiger partial charge in [0.15, 0.2) is 6.61 Å². The Hall–Kier alpha value is -3.06. The lowest BCUT2D eigenvalue weighted by molar-refractivity contribution is -0.123. The number of para-hydroxylation sites is 1. The molecule has 0 heterocycles. The second-order valence-electron chi connectivity index (χ2n) is 5.66. The summed E-state index contributed by atoms with van der Waals surface area (Å²) in [6, 6.07) is 13.8. The topological polar surface area (TPSA) is 85.9 Å². The molecular formula is C20H24N2O5. The second kappa shape index (κ2) is 10.8. The maximum atomic E-state index is 12.4. The number of benzene rings is 2. The summed E-state index contributed by atoms with van der Waals surface area (Å²) in [5, 5.41) is 5.54. The fourth-order valence-corrected chi connectivity index (χ4v) is 2.31. The maximum absolute atomic E-state index is 12.4. The predicted molar refractivity (Wildman–Crippen MR) is 102 cm³/mol. The van der Waals surface area contributed by atoms with E-state index in [0.717, 1.165) is 6.42 Å². The molecule has 0 fully saturated rings.